The minimum absolute atomic E-state index is 0.0108. The molecule has 3 aliphatic rings. The lowest BCUT2D eigenvalue weighted by Crippen LogP contribution is -2.75. The van der Waals surface area contributed by atoms with Gasteiger partial charge in [0.05, 0.1) is 15.8 Å². The largest absolute Gasteiger partial charge is 0.481 e. The van der Waals surface area contributed by atoms with E-state index in [1.165, 1.54) is 24.1 Å². The lowest BCUT2D eigenvalue weighted by atomic mass is 9.40. The second-order valence-electron chi connectivity index (χ2n) is 6.09. The van der Waals surface area contributed by atoms with Crippen LogP contribution in [-0.2, 0) is 4.79 Å². The van der Waals surface area contributed by atoms with Gasteiger partial charge in [0.25, 0.3) is 0 Å². The molecule has 0 atom stereocenters. The molecule has 2 aromatic rings. The number of hydrogen-bond donors (Lipinski definition) is 2. The molecule has 1 aromatic carbocycles. The Morgan fingerprint density at radius 1 is 1.32 bits per heavy atom. The highest BCUT2D eigenvalue weighted by Gasteiger charge is 2.72. The van der Waals surface area contributed by atoms with Gasteiger partial charge in [-0.05, 0) is 55.5 Å². The Morgan fingerprint density at radius 3 is 2.64 bits per heavy atom. The maximum atomic E-state index is 12.9. The molecule has 114 valence electrons. The molecule has 5 rings (SSSR count). The Bertz CT molecular complexity index is 724. The molecule has 2 N–H and O–H groups in total. The molecule has 0 saturated heterocycles. The van der Waals surface area contributed by atoms with Crippen LogP contribution >= 0.6 is 23.3 Å². The summed E-state index contributed by atoms with van der Waals surface area (Å²) in [5.41, 5.74) is 0.428. The number of carboxylic acid groups (broad SMARTS) is 1. The van der Waals surface area contributed by atoms with Crippen LogP contribution in [0.15, 0.2) is 34.7 Å². The third kappa shape index (κ3) is 2.15. The minimum Gasteiger partial charge on any atom is -0.481 e. The van der Waals surface area contributed by atoms with Crippen molar-refractivity contribution in [2.45, 2.75) is 29.0 Å². The van der Waals surface area contributed by atoms with Gasteiger partial charge < -0.3 is 5.11 Å². The van der Waals surface area contributed by atoms with Crippen LogP contribution in [-0.4, -0.2) is 21.6 Å². The molecule has 22 heavy (non-hydrogen) atoms. The molecule has 3 fully saturated rings. The average molecular weight is 336 g/mol. The predicted molar refractivity (Wildman–Crippen MR) is 83.2 cm³/mol. The van der Waals surface area contributed by atoms with Gasteiger partial charge in [-0.25, -0.2) is 9.37 Å². The summed E-state index contributed by atoms with van der Waals surface area (Å²) in [7, 11) is 0. The summed E-state index contributed by atoms with van der Waals surface area (Å²) in [6.45, 7) is 0. The first-order valence-corrected chi connectivity index (χ1v) is 8.53. The lowest BCUT2D eigenvalue weighted by molar-refractivity contribution is -0.193. The van der Waals surface area contributed by atoms with Gasteiger partial charge in [-0.1, -0.05) is 0 Å². The highest BCUT2D eigenvalue weighted by atomic mass is 32.2. The molecular weight excluding hydrogens is 323 g/mol. The van der Waals surface area contributed by atoms with Gasteiger partial charge in [0.2, 0.25) is 0 Å². The first kappa shape index (κ1) is 14.2. The van der Waals surface area contributed by atoms with E-state index in [4.69, 9.17) is 5.11 Å². The Kier molecular flexibility index (Phi) is 3.08. The summed E-state index contributed by atoms with van der Waals surface area (Å²) >= 11 is 3.05. The molecule has 0 radical (unpaired) electrons. The van der Waals surface area contributed by atoms with Crippen LogP contribution in [0.3, 0.4) is 0 Å². The SMILES string of the molecule is O=C(O)C12CC(NSc3cnc(-c4ccc(F)cc4)s3)(C1)C2. The zero-order valence-electron chi connectivity index (χ0n) is 11.5. The van der Waals surface area contributed by atoms with Crippen molar-refractivity contribution in [3.8, 4) is 10.6 Å². The summed E-state index contributed by atoms with van der Waals surface area (Å²) in [5.74, 6) is -0.926. The average Bonchev–Trinajstić information content (AvgIpc) is 2.85. The van der Waals surface area contributed by atoms with Gasteiger partial charge in [-0.2, -0.15) is 0 Å². The molecule has 0 unspecified atom stereocenters. The van der Waals surface area contributed by atoms with Crippen molar-refractivity contribution in [1.29, 1.82) is 0 Å². The first-order valence-electron chi connectivity index (χ1n) is 6.90. The van der Waals surface area contributed by atoms with Gasteiger partial charge in [-0.15, -0.1) is 11.3 Å². The van der Waals surface area contributed by atoms with Crippen LogP contribution in [0.25, 0.3) is 10.6 Å². The van der Waals surface area contributed by atoms with E-state index in [0.717, 1.165) is 14.8 Å². The van der Waals surface area contributed by atoms with Gasteiger partial charge in [0.1, 0.15) is 10.8 Å². The molecule has 2 bridgehead atoms. The lowest BCUT2D eigenvalue weighted by Gasteiger charge is -2.67. The number of carbonyl (C=O) groups is 1. The molecule has 3 saturated carbocycles. The fraction of sp³-hybridized carbons (Fsp3) is 0.333. The third-order valence-electron chi connectivity index (χ3n) is 4.43. The molecule has 3 aliphatic carbocycles. The number of hydrogen-bond acceptors (Lipinski definition) is 5. The zero-order valence-corrected chi connectivity index (χ0v) is 13.1. The van der Waals surface area contributed by atoms with Gasteiger partial charge in [0.15, 0.2) is 0 Å². The minimum atomic E-state index is -0.669. The van der Waals surface area contributed by atoms with E-state index >= 15 is 0 Å². The van der Waals surface area contributed by atoms with Crippen LogP contribution < -0.4 is 4.72 Å². The number of carboxylic acids is 1. The topological polar surface area (TPSA) is 62.2 Å². The van der Waals surface area contributed by atoms with Crippen LogP contribution in [0, 0.1) is 11.2 Å². The smallest absolute Gasteiger partial charge is 0.309 e. The Balaban J connectivity index is 1.38. The van der Waals surface area contributed by atoms with E-state index < -0.39 is 11.4 Å². The van der Waals surface area contributed by atoms with Crippen LogP contribution in [0.2, 0.25) is 0 Å². The molecule has 0 aliphatic heterocycles. The number of rotatable bonds is 5. The van der Waals surface area contributed by atoms with E-state index in [1.54, 1.807) is 29.7 Å². The van der Waals surface area contributed by atoms with Gasteiger partial charge >= 0.3 is 5.97 Å². The molecule has 7 heteroatoms. The van der Waals surface area contributed by atoms with E-state index in [-0.39, 0.29) is 11.4 Å². The standard InChI is InChI=1S/C15H13FN2O2S2/c16-10-3-1-9(2-4-10)12-17-5-11(21-12)22-18-15-6-14(7-15,8-15)13(19)20/h1-5,18H,6-8H2,(H,19,20). The van der Waals surface area contributed by atoms with Gasteiger partial charge in [-0.3, -0.25) is 9.52 Å². The fourth-order valence-corrected chi connectivity index (χ4v) is 5.14. The summed E-state index contributed by atoms with van der Waals surface area (Å²) in [5, 5.41) is 9.96. The van der Waals surface area contributed by atoms with Crippen molar-refractivity contribution in [1.82, 2.24) is 9.71 Å². The van der Waals surface area contributed by atoms with Crippen molar-refractivity contribution in [3.05, 3.63) is 36.3 Å². The van der Waals surface area contributed by atoms with Crippen LogP contribution in [0.4, 0.5) is 4.39 Å². The number of halogens is 1. The molecular formula is C15H13FN2O2S2. The van der Waals surface area contributed by atoms with Crippen molar-refractivity contribution in [3.63, 3.8) is 0 Å². The number of aliphatic carboxylic acids is 1. The Labute approximate surface area is 134 Å². The molecule has 4 nitrogen and oxygen atoms in total. The quantitative estimate of drug-likeness (QED) is 0.818. The molecule has 0 spiro atoms. The highest BCUT2D eigenvalue weighted by molar-refractivity contribution is 7.99. The number of aromatic nitrogens is 1. The summed E-state index contributed by atoms with van der Waals surface area (Å²) in [6.07, 6.45) is 3.93. The monoisotopic (exact) mass is 336 g/mol. The van der Waals surface area contributed by atoms with Crippen LogP contribution in [0.5, 0.6) is 0 Å². The maximum absolute atomic E-state index is 12.9. The first-order chi connectivity index (χ1) is 10.5. The fourth-order valence-electron chi connectivity index (χ4n) is 3.31. The van der Waals surface area contributed by atoms with E-state index in [9.17, 15) is 9.18 Å². The summed E-state index contributed by atoms with van der Waals surface area (Å²) in [4.78, 5) is 15.4. The van der Waals surface area contributed by atoms with E-state index in [2.05, 4.69) is 9.71 Å². The van der Waals surface area contributed by atoms with E-state index in [0.29, 0.717) is 19.3 Å². The molecule has 0 amide bonds. The normalized spacial score (nSPS) is 28.8. The molecule has 1 heterocycles. The van der Waals surface area contributed by atoms with Crippen molar-refractivity contribution in [2.75, 3.05) is 0 Å². The zero-order chi connectivity index (χ0) is 15.4. The Morgan fingerprint density at radius 2 is 2.00 bits per heavy atom. The van der Waals surface area contributed by atoms with Crippen LogP contribution in [0.1, 0.15) is 19.3 Å². The summed E-state index contributed by atoms with van der Waals surface area (Å²) < 4.78 is 17.3. The highest BCUT2D eigenvalue weighted by Crippen LogP contribution is 2.68. The van der Waals surface area contributed by atoms with Gasteiger partial charge in [0, 0.05) is 11.1 Å². The second-order valence-corrected chi connectivity index (χ2v) is 8.23. The van der Waals surface area contributed by atoms with Crippen molar-refractivity contribution < 1.29 is 14.3 Å². The number of nitrogens with one attached hydrogen (secondary N) is 1. The number of benzene rings is 1. The van der Waals surface area contributed by atoms with Crippen molar-refractivity contribution >= 4 is 29.3 Å². The second kappa shape index (κ2) is 4.78. The van der Waals surface area contributed by atoms with E-state index in [1.807, 2.05) is 0 Å². The number of nitrogens with zero attached hydrogens (tertiary/aromatic N) is 1. The van der Waals surface area contributed by atoms with Crippen molar-refractivity contribution in [2.24, 2.45) is 5.41 Å². The predicted octanol–water partition coefficient (Wildman–Crippen LogP) is 3.55. The summed E-state index contributed by atoms with van der Waals surface area (Å²) in [6, 6.07) is 6.28. The third-order valence-corrected chi connectivity index (χ3v) is 6.61. The maximum Gasteiger partial charge on any atom is 0.309 e. The molecule has 1 aromatic heterocycles. The Hall–Kier alpha value is -1.44. The number of thiazole rings is 1.